The van der Waals surface area contributed by atoms with Gasteiger partial charge < -0.3 is 4.74 Å². The van der Waals surface area contributed by atoms with Gasteiger partial charge in [-0.1, -0.05) is 44.0 Å². The largest absolute Gasteiger partial charge is 0.456 e. The predicted molar refractivity (Wildman–Crippen MR) is 87.5 cm³/mol. The molecule has 0 aliphatic carbocycles. The molecule has 0 aromatic heterocycles. The fourth-order valence-electron chi connectivity index (χ4n) is 1.94. The molecule has 0 N–H and O–H groups in total. The topological polar surface area (TPSA) is 9.23 Å². The van der Waals surface area contributed by atoms with Crippen LogP contribution in [-0.2, 0) is 5.33 Å². The Labute approximate surface area is 131 Å². The third-order valence-corrected chi connectivity index (χ3v) is 4.35. The molecule has 0 aliphatic heterocycles. The minimum atomic E-state index is 0.770. The second kappa shape index (κ2) is 6.10. The van der Waals surface area contributed by atoms with Crippen molar-refractivity contribution in [3.05, 3.63) is 57.1 Å². The molecule has 0 heterocycles. The van der Waals surface area contributed by atoms with Gasteiger partial charge in [0.25, 0.3) is 0 Å². The summed E-state index contributed by atoms with van der Waals surface area (Å²) in [6.45, 7) is 6.29. The highest BCUT2D eigenvalue weighted by Gasteiger charge is 2.10. The van der Waals surface area contributed by atoms with E-state index in [-0.39, 0.29) is 0 Å². The zero-order valence-corrected chi connectivity index (χ0v) is 14.4. The Hall–Kier alpha value is -0.800. The van der Waals surface area contributed by atoms with E-state index < -0.39 is 0 Å². The zero-order valence-electron chi connectivity index (χ0n) is 11.3. The highest BCUT2D eigenvalue weighted by Crippen LogP contribution is 2.34. The number of hydrogen-bond donors (Lipinski definition) is 0. The molecule has 0 aliphatic rings. The first-order valence-electron chi connectivity index (χ1n) is 6.12. The molecular formula is C16H16Br2O. The number of ether oxygens (including phenoxy) is 1. The summed E-state index contributed by atoms with van der Waals surface area (Å²) in [6, 6.07) is 10.3. The molecule has 2 aromatic rings. The molecule has 0 atom stereocenters. The molecule has 3 heteroatoms. The molecule has 0 saturated heterocycles. The summed E-state index contributed by atoms with van der Waals surface area (Å²) in [5, 5.41) is 0.770. The highest BCUT2D eigenvalue weighted by atomic mass is 79.9. The van der Waals surface area contributed by atoms with Crippen molar-refractivity contribution in [1.82, 2.24) is 0 Å². The van der Waals surface area contributed by atoms with E-state index in [1.807, 2.05) is 12.1 Å². The summed E-state index contributed by atoms with van der Waals surface area (Å²) in [6.07, 6.45) is 0. The molecule has 1 nitrogen and oxygen atoms in total. The second-order valence-electron chi connectivity index (χ2n) is 4.64. The van der Waals surface area contributed by atoms with E-state index in [0.29, 0.717) is 0 Å². The molecule has 0 radical (unpaired) electrons. The van der Waals surface area contributed by atoms with E-state index in [4.69, 9.17) is 4.74 Å². The Morgan fingerprint density at radius 2 is 1.68 bits per heavy atom. The summed E-state index contributed by atoms with van der Waals surface area (Å²) in [5.41, 5.74) is 4.74. The van der Waals surface area contributed by atoms with Crippen molar-refractivity contribution < 1.29 is 4.74 Å². The summed E-state index contributed by atoms with van der Waals surface area (Å²) >= 11 is 6.99. The Morgan fingerprint density at radius 1 is 1.00 bits per heavy atom. The molecule has 0 fully saturated rings. The maximum atomic E-state index is 6.15. The first-order chi connectivity index (χ1) is 9.02. The minimum Gasteiger partial charge on any atom is -0.456 e. The third kappa shape index (κ3) is 3.21. The SMILES string of the molecule is Cc1ccc(C)c(Oc2ccc(Br)cc2CBr)c1C. The van der Waals surface area contributed by atoms with Crippen molar-refractivity contribution in [1.29, 1.82) is 0 Å². The Balaban J connectivity index is 2.44. The number of alkyl halides is 1. The van der Waals surface area contributed by atoms with Crippen molar-refractivity contribution in [2.45, 2.75) is 26.1 Å². The van der Waals surface area contributed by atoms with Crippen LogP contribution in [-0.4, -0.2) is 0 Å². The van der Waals surface area contributed by atoms with Crippen LogP contribution in [0.5, 0.6) is 11.5 Å². The van der Waals surface area contributed by atoms with Crippen molar-refractivity contribution in [2.75, 3.05) is 0 Å². The maximum absolute atomic E-state index is 6.15. The summed E-state index contributed by atoms with van der Waals surface area (Å²) in [5.74, 6) is 1.86. The molecular weight excluding hydrogens is 368 g/mol. The van der Waals surface area contributed by atoms with Crippen LogP contribution in [0.15, 0.2) is 34.8 Å². The summed E-state index contributed by atoms with van der Waals surface area (Å²) < 4.78 is 7.21. The van der Waals surface area contributed by atoms with Crippen molar-refractivity contribution >= 4 is 31.9 Å². The lowest BCUT2D eigenvalue weighted by atomic mass is 10.1. The van der Waals surface area contributed by atoms with Gasteiger partial charge in [-0.2, -0.15) is 0 Å². The molecule has 0 bridgehead atoms. The summed E-state index contributed by atoms with van der Waals surface area (Å²) in [7, 11) is 0. The minimum absolute atomic E-state index is 0.770. The van der Waals surface area contributed by atoms with Crippen LogP contribution in [0.2, 0.25) is 0 Å². The van der Waals surface area contributed by atoms with Crippen LogP contribution in [0.1, 0.15) is 22.3 Å². The van der Waals surface area contributed by atoms with Crippen LogP contribution < -0.4 is 4.74 Å². The normalized spacial score (nSPS) is 10.6. The van der Waals surface area contributed by atoms with E-state index in [9.17, 15) is 0 Å². The van der Waals surface area contributed by atoms with Gasteiger partial charge in [-0.15, -0.1) is 0 Å². The Kier molecular flexibility index (Phi) is 4.69. The monoisotopic (exact) mass is 382 g/mol. The smallest absolute Gasteiger partial charge is 0.133 e. The van der Waals surface area contributed by atoms with Crippen LogP contribution in [0.3, 0.4) is 0 Å². The third-order valence-electron chi connectivity index (χ3n) is 3.25. The van der Waals surface area contributed by atoms with E-state index in [1.165, 1.54) is 11.1 Å². The average molecular weight is 384 g/mol. The van der Waals surface area contributed by atoms with Crippen molar-refractivity contribution in [3.63, 3.8) is 0 Å². The van der Waals surface area contributed by atoms with Gasteiger partial charge >= 0.3 is 0 Å². The van der Waals surface area contributed by atoms with E-state index in [0.717, 1.165) is 32.4 Å². The van der Waals surface area contributed by atoms with Gasteiger partial charge in [-0.25, -0.2) is 0 Å². The van der Waals surface area contributed by atoms with Gasteiger partial charge in [0.1, 0.15) is 11.5 Å². The van der Waals surface area contributed by atoms with Crippen LogP contribution in [0.4, 0.5) is 0 Å². The maximum Gasteiger partial charge on any atom is 0.133 e. The van der Waals surface area contributed by atoms with Gasteiger partial charge in [0.2, 0.25) is 0 Å². The number of hydrogen-bond acceptors (Lipinski definition) is 1. The lowest BCUT2D eigenvalue weighted by molar-refractivity contribution is 0.470. The first kappa shape index (κ1) is 14.6. The Morgan fingerprint density at radius 3 is 2.37 bits per heavy atom. The van der Waals surface area contributed by atoms with Crippen LogP contribution >= 0.6 is 31.9 Å². The zero-order chi connectivity index (χ0) is 14.0. The quantitative estimate of drug-likeness (QED) is 0.585. The average Bonchev–Trinajstić information content (AvgIpc) is 2.40. The molecule has 100 valence electrons. The van der Waals surface area contributed by atoms with Crippen LogP contribution in [0.25, 0.3) is 0 Å². The molecule has 0 amide bonds. The predicted octanol–water partition coefficient (Wildman–Crippen LogP) is 6.06. The second-order valence-corrected chi connectivity index (χ2v) is 6.12. The molecule has 2 aromatic carbocycles. The van der Waals surface area contributed by atoms with Crippen molar-refractivity contribution in [2.24, 2.45) is 0 Å². The Bertz CT molecular complexity index is 606. The molecule has 2 rings (SSSR count). The fourth-order valence-corrected chi connectivity index (χ4v) is 2.79. The number of aryl methyl sites for hydroxylation is 2. The van der Waals surface area contributed by atoms with Gasteiger partial charge in [0.15, 0.2) is 0 Å². The van der Waals surface area contributed by atoms with E-state index in [2.05, 4.69) is 70.8 Å². The van der Waals surface area contributed by atoms with Gasteiger partial charge in [0, 0.05) is 15.4 Å². The lowest BCUT2D eigenvalue weighted by Crippen LogP contribution is -1.95. The standard InChI is InChI=1S/C16H16Br2O/c1-10-4-5-11(2)16(12(10)3)19-15-7-6-14(18)8-13(15)9-17/h4-8H,9H2,1-3H3. The van der Waals surface area contributed by atoms with Crippen molar-refractivity contribution in [3.8, 4) is 11.5 Å². The van der Waals surface area contributed by atoms with E-state index in [1.54, 1.807) is 0 Å². The van der Waals surface area contributed by atoms with Crippen LogP contribution in [0, 0.1) is 20.8 Å². The lowest BCUT2D eigenvalue weighted by Gasteiger charge is -2.15. The molecule has 0 spiro atoms. The van der Waals surface area contributed by atoms with Gasteiger partial charge in [0.05, 0.1) is 0 Å². The molecule has 0 saturated carbocycles. The summed E-state index contributed by atoms with van der Waals surface area (Å²) in [4.78, 5) is 0. The number of benzene rings is 2. The number of halogens is 2. The van der Waals surface area contributed by atoms with Gasteiger partial charge in [-0.3, -0.25) is 0 Å². The van der Waals surface area contributed by atoms with E-state index >= 15 is 0 Å². The molecule has 0 unspecified atom stereocenters. The fraction of sp³-hybridized carbons (Fsp3) is 0.250. The first-order valence-corrected chi connectivity index (χ1v) is 8.03. The molecule has 19 heavy (non-hydrogen) atoms. The highest BCUT2D eigenvalue weighted by molar-refractivity contribution is 9.10. The van der Waals surface area contributed by atoms with Gasteiger partial charge in [-0.05, 0) is 55.7 Å². The number of rotatable bonds is 3.